The van der Waals surface area contributed by atoms with Gasteiger partial charge in [-0.05, 0) is 20.8 Å². The van der Waals surface area contributed by atoms with Crippen LogP contribution in [0.15, 0.2) is 12.4 Å². The first-order valence-electron chi connectivity index (χ1n) is 8.76. The van der Waals surface area contributed by atoms with E-state index in [1.807, 2.05) is 20.8 Å². The maximum atomic E-state index is 12.2. The third-order valence-electron chi connectivity index (χ3n) is 4.09. The Morgan fingerprint density at radius 2 is 1.96 bits per heavy atom. The Labute approximate surface area is 162 Å². The number of likely N-dealkylation sites (tertiary alicyclic amines) is 1. The lowest BCUT2D eigenvalue weighted by Gasteiger charge is -2.33. The molecule has 1 fully saturated rings. The second-order valence-electron chi connectivity index (χ2n) is 7.31. The molecule has 9 heteroatoms. The highest BCUT2D eigenvalue weighted by Gasteiger charge is 2.28. The highest BCUT2D eigenvalue weighted by molar-refractivity contribution is 6.33. The molecule has 0 spiro atoms. The monoisotopic (exact) mass is 394 g/mol. The van der Waals surface area contributed by atoms with Gasteiger partial charge in [-0.15, -0.1) is 0 Å². The minimum absolute atomic E-state index is 0.0917. The van der Waals surface area contributed by atoms with Gasteiger partial charge >= 0.3 is 6.09 Å². The van der Waals surface area contributed by atoms with Gasteiger partial charge in [0.15, 0.2) is 10.9 Å². The highest BCUT2D eigenvalue weighted by Crippen LogP contribution is 2.32. The Morgan fingerprint density at radius 1 is 1.26 bits per heavy atom. The van der Waals surface area contributed by atoms with E-state index in [4.69, 9.17) is 25.8 Å². The molecule has 0 aliphatic carbocycles. The van der Waals surface area contributed by atoms with Crippen molar-refractivity contribution in [2.75, 3.05) is 20.2 Å². The Kier molecular flexibility index (Phi) is 5.55. The number of hydrogen-bond donors (Lipinski definition) is 0. The van der Waals surface area contributed by atoms with Crippen molar-refractivity contribution in [1.29, 1.82) is 0 Å². The van der Waals surface area contributed by atoms with Crippen LogP contribution in [0.5, 0.6) is 11.6 Å². The first-order chi connectivity index (χ1) is 12.8. The summed E-state index contributed by atoms with van der Waals surface area (Å²) in [5.41, 5.74) is 0.536. The van der Waals surface area contributed by atoms with Gasteiger partial charge in [0, 0.05) is 32.0 Å². The molecule has 0 unspecified atom stereocenters. The number of piperidine rings is 1. The van der Waals surface area contributed by atoms with Gasteiger partial charge in [0.2, 0.25) is 0 Å². The average Bonchev–Trinajstić information content (AvgIpc) is 2.61. The molecule has 0 saturated carbocycles. The van der Waals surface area contributed by atoms with E-state index in [2.05, 4.69) is 15.0 Å². The first-order valence-corrected chi connectivity index (χ1v) is 9.14. The predicted octanol–water partition coefficient (Wildman–Crippen LogP) is 3.47. The van der Waals surface area contributed by atoms with E-state index in [0.29, 0.717) is 48.6 Å². The number of halogens is 1. The van der Waals surface area contributed by atoms with E-state index >= 15 is 0 Å². The van der Waals surface area contributed by atoms with Gasteiger partial charge < -0.3 is 19.1 Å². The van der Waals surface area contributed by atoms with Crippen LogP contribution in [0.3, 0.4) is 0 Å². The van der Waals surface area contributed by atoms with Crippen LogP contribution in [0.25, 0.3) is 11.0 Å². The van der Waals surface area contributed by atoms with Crippen LogP contribution >= 0.6 is 11.6 Å². The van der Waals surface area contributed by atoms with Crippen LogP contribution in [0.1, 0.15) is 33.6 Å². The summed E-state index contributed by atoms with van der Waals surface area (Å²) in [6.07, 6.45) is 2.32. The largest absolute Gasteiger partial charge is 0.491 e. The summed E-state index contributed by atoms with van der Waals surface area (Å²) in [5, 5.41) is 0.257. The molecule has 0 radical (unpaired) electrons. The molecule has 1 amide bonds. The van der Waals surface area contributed by atoms with Crippen LogP contribution in [-0.4, -0.2) is 57.8 Å². The number of carbonyl (C=O) groups is 1. The van der Waals surface area contributed by atoms with Gasteiger partial charge in [-0.25, -0.2) is 19.7 Å². The zero-order valence-corrected chi connectivity index (χ0v) is 16.6. The smallest absolute Gasteiger partial charge is 0.410 e. The fourth-order valence-electron chi connectivity index (χ4n) is 2.79. The van der Waals surface area contributed by atoms with Gasteiger partial charge in [-0.3, -0.25) is 0 Å². The molecule has 0 aromatic carbocycles. The fourth-order valence-corrected chi connectivity index (χ4v) is 2.98. The number of amides is 1. The van der Waals surface area contributed by atoms with E-state index in [1.165, 1.54) is 6.33 Å². The normalized spacial score (nSPS) is 15.7. The van der Waals surface area contributed by atoms with E-state index < -0.39 is 5.60 Å². The van der Waals surface area contributed by atoms with Crippen molar-refractivity contribution >= 4 is 28.7 Å². The molecule has 1 aliphatic rings. The second kappa shape index (κ2) is 7.72. The number of methoxy groups -OCH3 is 1. The van der Waals surface area contributed by atoms with E-state index in [-0.39, 0.29) is 17.4 Å². The molecule has 0 atom stereocenters. The lowest BCUT2D eigenvalue weighted by molar-refractivity contribution is 0.0121. The lowest BCUT2D eigenvalue weighted by Crippen LogP contribution is -2.44. The summed E-state index contributed by atoms with van der Waals surface area (Å²) in [5.74, 6) is 0.823. The van der Waals surface area contributed by atoms with Gasteiger partial charge in [-0.1, -0.05) is 11.6 Å². The average molecular weight is 395 g/mol. The molecule has 0 N–H and O–H groups in total. The summed E-state index contributed by atoms with van der Waals surface area (Å²) in [7, 11) is 1.55. The summed E-state index contributed by atoms with van der Waals surface area (Å²) < 4.78 is 16.8. The van der Waals surface area contributed by atoms with Gasteiger partial charge in [-0.2, -0.15) is 0 Å². The molecule has 1 aliphatic heterocycles. The molecular formula is C18H23ClN4O4. The Bertz CT molecular complexity index is 832. The van der Waals surface area contributed by atoms with Crippen molar-refractivity contribution in [1.82, 2.24) is 19.9 Å². The number of nitrogens with zero attached hydrogens (tertiary/aromatic N) is 4. The second-order valence-corrected chi connectivity index (χ2v) is 7.67. The van der Waals surface area contributed by atoms with E-state index in [9.17, 15) is 4.79 Å². The van der Waals surface area contributed by atoms with E-state index in [1.54, 1.807) is 18.1 Å². The van der Waals surface area contributed by atoms with Crippen molar-refractivity contribution < 1.29 is 19.0 Å². The van der Waals surface area contributed by atoms with Crippen LogP contribution in [-0.2, 0) is 4.74 Å². The number of fused-ring (bicyclic) bond motifs is 1. The third kappa shape index (κ3) is 4.68. The maximum Gasteiger partial charge on any atom is 0.410 e. The van der Waals surface area contributed by atoms with Crippen molar-refractivity contribution in [3.05, 3.63) is 17.5 Å². The van der Waals surface area contributed by atoms with Crippen molar-refractivity contribution in [2.45, 2.75) is 45.3 Å². The Balaban J connectivity index is 1.68. The molecular weight excluding hydrogens is 372 g/mol. The minimum atomic E-state index is -0.506. The molecule has 8 nitrogen and oxygen atoms in total. The van der Waals surface area contributed by atoms with Gasteiger partial charge in [0.1, 0.15) is 23.5 Å². The highest BCUT2D eigenvalue weighted by atomic mass is 35.5. The Morgan fingerprint density at radius 3 is 2.59 bits per heavy atom. The summed E-state index contributed by atoms with van der Waals surface area (Å²) in [6.45, 7) is 6.67. The lowest BCUT2D eigenvalue weighted by atomic mass is 10.1. The molecule has 3 rings (SSSR count). The molecule has 1 saturated heterocycles. The molecule has 27 heavy (non-hydrogen) atoms. The minimum Gasteiger partial charge on any atom is -0.491 e. The summed E-state index contributed by atoms with van der Waals surface area (Å²) in [4.78, 5) is 26.4. The number of ether oxygens (including phenoxy) is 3. The molecule has 146 valence electrons. The zero-order chi connectivity index (χ0) is 19.6. The van der Waals surface area contributed by atoms with Crippen molar-refractivity contribution in [2.24, 2.45) is 0 Å². The molecule has 0 bridgehead atoms. The molecule has 2 aromatic heterocycles. The van der Waals surface area contributed by atoms with E-state index in [0.717, 1.165) is 0 Å². The number of pyridine rings is 1. The topological polar surface area (TPSA) is 86.7 Å². The molecule has 2 aromatic rings. The van der Waals surface area contributed by atoms with Gasteiger partial charge in [0.05, 0.1) is 12.6 Å². The van der Waals surface area contributed by atoms with Crippen LogP contribution in [0, 0.1) is 0 Å². The number of rotatable bonds is 3. The van der Waals surface area contributed by atoms with Crippen molar-refractivity contribution in [3.63, 3.8) is 0 Å². The number of carbonyl (C=O) groups excluding carboxylic acids is 1. The first kappa shape index (κ1) is 19.4. The quantitative estimate of drug-likeness (QED) is 0.736. The van der Waals surface area contributed by atoms with Crippen molar-refractivity contribution in [3.8, 4) is 11.6 Å². The summed E-state index contributed by atoms with van der Waals surface area (Å²) >= 11 is 6.11. The molecule has 3 heterocycles. The zero-order valence-electron chi connectivity index (χ0n) is 15.9. The number of hydrogen-bond acceptors (Lipinski definition) is 7. The number of aromatic nitrogens is 3. The fraction of sp³-hybridized carbons (Fsp3) is 0.556. The predicted molar refractivity (Wildman–Crippen MR) is 100 cm³/mol. The standard InChI is InChI=1S/C18H23ClN4O4/c1-18(2,3)27-17(24)23-7-5-11(6-8-23)26-16-13(25-4)9-12-14(22-16)15(19)21-10-20-12/h9-11H,5-8H2,1-4H3. The van der Waals surface area contributed by atoms with Crippen LogP contribution in [0.4, 0.5) is 4.79 Å². The van der Waals surface area contributed by atoms with Crippen LogP contribution in [0.2, 0.25) is 5.15 Å². The SMILES string of the molecule is COc1cc2ncnc(Cl)c2nc1OC1CCN(C(=O)OC(C)(C)C)CC1. The Hall–Kier alpha value is -2.35. The van der Waals surface area contributed by atoms with Crippen LogP contribution < -0.4 is 9.47 Å². The summed E-state index contributed by atoms with van der Waals surface area (Å²) in [6, 6.07) is 1.72. The maximum absolute atomic E-state index is 12.2. The van der Waals surface area contributed by atoms with Gasteiger partial charge in [0.25, 0.3) is 5.88 Å². The third-order valence-corrected chi connectivity index (χ3v) is 4.37.